The zero-order valence-corrected chi connectivity index (χ0v) is 9.79. The number of rotatable bonds is 1. The molecule has 1 aromatic carbocycles. The molecule has 0 aromatic heterocycles. The third-order valence-corrected chi connectivity index (χ3v) is 3.64. The summed E-state index contributed by atoms with van der Waals surface area (Å²) in [4.78, 5) is 0. The SMILES string of the molecule is Cc1cc(F)c(Cl)c(C2CCNC2)c1C. The zero-order valence-electron chi connectivity index (χ0n) is 9.03. The van der Waals surface area contributed by atoms with Crippen molar-refractivity contribution in [3.63, 3.8) is 0 Å². The summed E-state index contributed by atoms with van der Waals surface area (Å²) in [6.07, 6.45) is 1.05. The third-order valence-electron chi connectivity index (χ3n) is 3.25. The molecule has 15 heavy (non-hydrogen) atoms. The maximum absolute atomic E-state index is 13.5. The smallest absolute Gasteiger partial charge is 0.142 e. The number of hydrogen-bond donors (Lipinski definition) is 1. The molecule has 0 spiro atoms. The van der Waals surface area contributed by atoms with E-state index in [9.17, 15) is 4.39 Å². The van der Waals surface area contributed by atoms with Gasteiger partial charge in [-0.05, 0) is 55.5 Å². The van der Waals surface area contributed by atoms with Crippen LogP contribution in [-0.4, -0.2) is 13.1 Å². The number of benzene rings is 1. The van der Waals surface area contributed by atoms with E-state index in [2.05, 4.69) is 5.32 Å². The van der Waals surface area contributed by atoms with Crippen LogP contribution >= 0.6 is 11.6 Å². The molecular weight excluding hydrogens is 213 g/mol. The van der Waals surface area contributed by atoms with Gasteiger partial charge in [0.25, 0.3) is 0 Å². The van der Waals surface area contributed by atoms with Gasteiger partial charge in [0.1, 0.15) is 5.82 Å². The zero-order chi connectivity index (χ0) is 11.0. The topological polar surface area (TPSA) is 12.0 Å². The van der Waals surface area contributed by atoms with Crippen molar-refractivity contribution in [1.82, 2.24) is 5.32 Å². The minimum atomic E-state index is -0.290. The van der Waals surface area contributed by atoms with E-state index in [1.165, 1.54) is 6.07 Å². The Morgan fingerprint density at radius 3 is 2.80 bits per heavy atom. The highest BCUT2D eigenvalue weighted by Crippen LogP contribution is 2.34. The predicted octanol–water partition coefficient (Wildman–Crippen LogP) is 3.17. The van der Waals surface area contributed by atoms with Crippen molar-refractivity contribution in [1.29, 1.82) is 0 Å². The van der Waals surface area contributed by atoms with Crippen molar-refractivity contribution >= 4 is 11.6 Å². The molecule has 0 aliphatic carbocycles. The molecule has 1 aliphatic rings. The average molecular weight is 228 g/mol. The van der Waals surface area contributed by atoms with Crippen LogP contribution in [0.4, 0.5) is 4.39 Å². The van der Waals surface area contributed by atoms with Gasteiger partial charge >= 0.3 is 0 Å². The summed E-state index contributed by atoms with van der Waals surface area (Å²) in [7, 11) is 0. The fourth-order valence-electron chi connectivity index (χ4n) is 2.25. The lowest BCUT2D eigenvalue weighted by Crippen LogP contribution is -2.10. The van der Waals surface area contributed by atoms with Crippen LogP contribution in [0.15, 0.2) is 6.07 Å². The Morgan fingerprint density at radius 2 is 2.20 bits per heavy atom. The minimum Gasteiger partial charge on any atom is -0.316 e. The molecule has 3 heteroatoms. The van der Waals surface area contributed by atoms with Crippen LogP contribution in [0.5, 0.6) is 0 Å². The summed E-state index contributed by atoms with van der Waals surface area (Å²) in [5, 5.41) is 3.59. The van der Waals surface area contributed by atoms with E-state index in [-0.39, 0.29) is 5.82 Å². The van der Waals surface area contributed by atoms with Crippen molar-refractivity contribution in [2.75, 3.05) is 13.1 Å². The van der Waals surface area contributed by atoms with Crippen LogP contribution in [-0.2, 0) is 0 Å². The van der Waals surface area contributed by atoms with Crippen LogP contribution < -0.4 is 5.32 Å². The molecule has 82 valence electrons. The quantitative estimate of drug-likeness (QED) is 0.777. The van der Waals surface area contributed by atoms with E-state index < -0.39 is 0 Å². The van der Waals surface area contributed by atoms with Gasteiger partial charge in [0.05, 0.1) is 5.02 Å². The van der Waals surface area contributed by atoms with Crippen LogP contribution in [0.3, 0.4) is 0 Å². The van der Waals surface area contributed by atoms with E-state index in [0.717, 1.165) is 36.2 Å². The molecule has 0 radical (unpaired) electrons. The average Bonchev–Trinajstić information content (AvgIpc) is 2.69. The first-order valence-corrected chi connectivity index (χ1v) is 5.65. The first-order valence-electron chi connectivity index (χ1n) is 5.27. The lowest BCUT2D eigenvalue weighted by Gasteiger charge is -2.17. The molecule has 2 rings (SSSR count). The number of nitrogens with one attached hydrogen (secondary N) is 1. The minimum absolute atomic E-state index is 0.290. The summed E-state index contributed by atoms with van der Waals surface area (Å²) in [6, 6.07) is 1.52. The molecule has 1 unspecified atom stereocenters. The van der Waals surface area contributed by atoms with Crippen molar-refractivity contribution in [2.24, 2.45) is 0 Å². The second-order valence-electron chi connectivity index (χ2n) is 4.22. The summed E-state index contributed by atoms with van der Waals surface area (Å²) in [5.74, 6) is 0.0774. The predicted molar refractivity (Wildman–Crippen MR) is 61.1 cm³/mol. The summed E-state index contributed by atoms with van der Waals surface area (Å²) >= 11 is 6.05. The largest absolute Gasteiger partial charge is 0.316 e. The molecule has 1 saturated heterocycles. The summed E-state index contributed by atoms with van der Waals surface area (Å²) < 4.78 is 13.5. The Kier molecular flexibility index (Phi) is 2.98. The first kappa shape index (κ1) is 10.9. The molecule has 1 fully saturated rings. The standard InChI is InChI=1S/C12H15ClFN/c1-7-5-10(14)12(13)11(8(7)2)9-3-4-15-6-9/h5,9,15H,3-4,6H2,1-2H3. The van der Waals surface area contributed by atoms with Crippen LogP contribution in [0.1, 0.15) is 29.0 Å². The molecule has 1 nitrogen and oxygen atoms in total. The second-order valence-corrected chi connectivity index (χ2v) is 4.60. The first-order chi connectivity index (χ1) is 7.11. The van der Waals surface area contributed by atoms with Crippen LogP contribution in [0, 0.1) is 19.7 Å². The Morgan fingerprint density at radius 1 is 1.47 bits per heavy atom. The highest BCUT2D eigenvalue weighted by atomic mass is 35.5. The Hall–Kier alpha value is -0.600. The van der Waals surface area contributed by atoms with E-state index in [0.29, 0.717) is 10.9 Å². The molecule has 1 aromatic rings. The fourth-order valence-corrected chi connectivity index (χ4v) is 2.60. The van der Waals surface area contributed by atoms with Crippen LogP contribution in [0.25, 0.3) is 0 Å². The van der Waals surface area contributed by atoms with E-state index in [1.807, 2.05) is 13.8 Å². The van der Waals surface area contributed by atoms with Gasteiger partial charge < -0.3 is 5.32 Å². The molecule has 1 aliphatic heterocycles. The van der Waals surface area contributed by atoms with Crippen LogP contribution in [0.2, 0.25) is 5.02 Å². The molecular formula is C12H15ClFN. The Bertz CT molecular complexity index is 357. The maximum Gasteiger partial charge on any atom is 0.142 e. The van der Waals surface area contributed by atoms with E-state index in [1.54, 1.807) is 0 Å². The van der Waals surface area contributed by atoms with Crippen molar-refractivity contribution < 1.29 is 4.39 Å². The van der Waals surface area contributed by atoms with Gasteiger partial charge in [0, 0.05) is 6.54 Å². The molecule has 0 bridgehead atoms. The normalized spacial score (nSPS) is 20.9. The van der Waals surface area contributed by atoms with Gasteiger partial charge in [0.2, 0.25) is 0 Å². The molecule has 0 amide bonds. The molecule has 1 heterocycles. The summed E-state index contributed by atoms with van der Waals surface area (Å²) in [6.45, 7) is 5.86. The summed E-state index contributed by atoms with van der Waals surface area (Å²) in [5.41, 5.74) is 3.12. The number of hydrogen-bond acceptors (Lipinski definition) is 1. The van der Waals surface area contributed by atoms with Gasteiger partial charge in [-0.1, -0.05) is 11.6 Å². The second kappa shape index (κ2) is 4.11. The van der Waals surface area contributed by atoms with Gasteiger partial charge in [-0.2, -0.15) is 0 Å². The monoisotopic (exact) mass is 227 g/mol. The van der Waals surface area contributed by atoms with Gasteiger partial charge in [-0.15, -0.1) is 0 Å². The van der Waals surface area contributed by atoms with Gasteiger partial charge in [0.15, 0.2) is 0 Å². The lowest BCUT2D eigenvalue weighted by molar-refractivity contribution is 0.619. The van der Waals surface area contributed by atoms with Gasteiger partial charge in [-0.25, -0.2) is 4.39 Å². The number of aryl methyl sites for hydroxylation is 1. The Balaban J connectivity index is 2.52. The highest BCUT2D eigenvalue weighted by Gasteiger charge is 2.23. The number of halogens is 2. The highest BCUT2D eigenvalue weighted by molar-refractivity contribution is 6.31. The molecule has 0 saturated carbocycles. The van der Waals surface area contributed by atoms with E-state index >= 15 is 0 Å². The fraction of sp³-hybridized carbons (Fsp3) is 0.500. The maximum atomic E-state index is 13.5. The third kappa shape index (κ3) is 1.88. The van der Waals surface area contributed by atoms with Gasteiger partial charge in [-0.3, -0.25) is 0 Å². The molecule has 1 atom stereocenters. The molecule has 1 N–H and O–H groups in total. The lowest BCUT2D eigenvalue weighted by atomic mass is 9.91. The van der Waals surface area contributed by atoms with Crippen molar-refractivity contribution in [2.45, 2.75) is 26.2 Å². The van der Waals surface area contributed by atoms with E-state index in [4.69, 9.17) is 11.6 Å². The van der Waals surface area contributed by atoms with Crippen molar-refractivity contribution in [3.8, 4) is 0 Å². The Labute approximate surface area is 94.6 Å². The van der Waals surface area contributed by atoms with Crippen molar-refractivity contribution in [3.05, 3.63) is 33.6 Å².